The molecule has 0 unspecified atom stereocenters. The number of aliphatic hydroxyl groups is 3. The van der Waals surface area contributed by atoms with Crippen LogP contribution in [0, 0.1) is 5.82 Å². The van der Waals surface area contributed by atoms with Gasteiger partial charge >= 0.3 is 29.6 Å². The van der Waals surface area contributed by atoms with Crippen molar-refractivity contribution >= 4 is 23.4 Å². The van der Waals surface area contributed by atoms with Gasteiger partial charge in [0.25, 0.3) is 0 Å². The van der Waals surface area contributed by atoms with E-state index in [1.54, 1.807) is 18.2 Å². The van der Waals surface area contributed by atoms with Gasteiger partial charge in [0.15, 0.2) is 0 Å². The Hall–Kier alpha value is -1.06. The molecule has 2 atom stereocenters. The fourth-order valence-corrected chi connectivity index (χ4v) is 4.17. The molecule has 0 saturated heterocycles. The molecule has 0 saturated carbocycles. The summed E-state index contributed by atoms with van der Waals surface area (Å²) in [5.41, 5.74) is 2.33. The summed E-state index contributed by atoms with van der Waals surface area (Å²) in [6.45, 7) is 3.86. The van der Waals surface area contributed by atoms with E-state index in [-0.39, 0.29) is 54.3 Å². The SMILES string of the molecule is CC(C)c1sc(CO)c(-c2ccc(F)cc2)c1/C=C/[C@@H](O)C[C@@H](O)CC(=O)[O-].[Na+]. The molecule has 0 spiro atoms. The number of aliphatic carboxylic acids is 1. The van der Waals surface area contributed by atoms with Gasteiger partial charge in [-0.25, -0.2) is 4.39 Å². The molecule has 29 heavy (non-hydrogen) atoms. The third-order valence-electron chi connectivity index (χ3n) is 4.25. The smallest absolute Gasteiger partial charge is 0.550 e. The van der Waals surface area contributed by atoms with Gasteiger partial charge < -0.3 is 25.2 Å². The minimum Gasteiger partial charge on any atom is -0.550 e. The number of rotatable bonds is 9. The second-order valence-corrected chi connectivity index (χ2v) is 8.03. The minimum atomic E-state index is -1.38. The van der Waals surface area contributed by atoms with Gasteiger partial charge in [0.05, 0.1) is 18.8 Å². The van der Waals surface area contributed by atoms with E-state index in [4.69, 9.17) is 0 Å². The number of halogens is 1. The topological polar surface area (TPSA) is 101 Å². The summed E-state index contributed by atoms with van der Waals surface area (Å²) >= 11 is 1.46. The van der Waals surface area contributed by atoms with Crippen LogP contribution in [0.1, 0.15) is 47.9 Å². The third-order valence-corrected chi connectivity index (χ3v) is 5.74. The molecule has 0 radical (unpaired) electrons. The molecular formula is C21H24FNaO5S. The summed E-state index contributed by atoms with van der Waals surface area (Å²) in [6, 6.07) is 5.97. The van der Waals surface area contributed by atoms with E-state index in [1.807, 2.05) is 13.8 Å². The number of hydrogen-bond donors (Lipinski definition) is 3. The van der Waals surface area contributed by atoms with E-state index in [0.717, 1.165) is 26.4 Å². The molecule has 0 aliphatic rings. The van der Waals surface area contributed by atoms with Crippen LogP contribution in [0.3, 0.4) is 0 Å². The minimum absolute atomic E-state index is 0. The molecule has 2 rings (SSSR count). The van der Waals surface area contributed by atoms with Crippen molar-refractivity contribution in [2.24, 2.45) is 0 Å². The Kier molecular flexibility index (Phi) is 10.7. The van der Waals surface area contributed by atoms with Crippen molar-refractivity contribution < 1.29 is 59.2 Å². The second kappa shape index (κ2) is 12.0. The number of thiophene rings is 1. The van der Waals surface area contributed by atoms with Crippen LogP contribution in [0.5, 0.6) is 0 Å². The Bertz CT molecular complexity index is 832. The number of carbonyl (C=O) groups is 1. The van der Waals surface area contributed by atoms with Gasteiger partial charge in [0.2, 0.25) is 0 Å². The molecule has 0 amide bonds. The first-order valence-corrected chi connectivity index (χ1v) is 9.81. The van der Waals surface area contributed by atoms with Crippen LogP contribution in [0.4, 0.5) is 4.39 Å². The van der Waals surface area contributed by atoms with Crippen LogP contribution >= 0.6 is 11.3 Å². The monoisotopic (exact) mass is 430 g/mol. The van der Waals surface area contributed by atoms with Crippen LogP contribution in [0.25, 0.3) is 17.2 Å². The first-order valence-electron chi connectivity index (χ1n) is 8.99. The third kappa shape index (κ3) is 7.29. The number of benzene rings is 1. The van der Waals surface area contributed by atoms with Gasteiger partial charge in [0, 0.05) is 34.1 Å². The molecule has 2 aromatic rings. The van der Waals surface area contributed by atoms with Crippen molar-refractivity contribution in [1.29, 1.82) is 0 Å². The van der Waals surface area contributed by atoms with Crippen LogP contribution < -0.4 is 34.7 Å². The Morgan fingerprint density at radius 1 is 1.24 bits per heavy atom. The van der Waals surface area contributed by atoms with Gasteiger partial charge in [-0.1, -0.05) is 38.1 Å². The second-order valence-electron chi connectivity index (χ2n) is 6.89. The fraction of sp³-hybridized carbons (Fsp3) is 0.381. The molecule has 1 aromatic heterocycles. The molecule has 0 aliphatic heterocycles. The summed E-state index contributed by atoms with van der Waals surface area (Å²) in [4.78, 5) is 12.3. The van der Waals surface area contributed by atoms with E-state index in [1.165, 1.54) is 29.5 Å². The summed E-state index contributed by atoms with van der Waals surface area (Å²) in [7, 11) is 0. The first kappa shape index (κ1) is 26.0. The van der Waals surface area contributed by atoms with E-state index < -0.39 is 24.6 Å². The Labute approximate surface area is 195 Å². The number of carbonyl (C=O) groups excluding carboxylic acids is 1. The Morgan fingerprint density at radius 3 is 2.38 bits per heavy atom. The maximum atomic E-state index is 13.3. The van der Waals surface area contributed by atoms with Crippen molar-refractivity contribution in [3.8, 4) is 11.1 Å². The maximum absolute atomic E-state index is 13.3. The number of carboxylic acids is 1. The summed E-state index contributed by atoms with van der Waals surface area (Å²) in [5, 5.41) is 40.1. The van der Waals surface area contributed by atoms with Crippen molar-refractivity contribution in [2.75, 3.05) is 0 Å². The van der Waals surface area contributed by atoms with Crippen LogP contribution in [-0.2, 0) is 11.4 Å². The molecule has 0 bridgehead atoms. The molecular weight excluding hydrogens is 406 g/mol. The molecule has 0 aliphatic carbocycles. The normalized spacial score (nSPS) is 13.5. The molecule has 1 aromatic carbocycles. The predicted octanol–water partition coefficient (Wildman–Crippen LogP) is -0.561. The summed E-state index contributed by atoms with van der Waals surface area (Å²) < 4.78 is 13.3. The zero-order valence-electron chi connectivity index (χ0n) is 16.8. The van der Waals surface area contributed by atoms with E-state index in [2.05, 4.69) is 0 Å². The van der Waals surface area contributed by atoms with E-state index in [0.29, 0.717) is 0 Å². The average molecular weight is 430 g/mol. The maximum Gasteiger partial charge on any atom is 1.00 e. The van der Waals surface area contributed by atoms with Crippen molar-refractivity contribution in [3.05, 3.63) is 51.5 Å². The standard InChI is InChI=1S/C21H25FO5S.Na/c1-12(2)21-17(8-7-15(24)9-16(25)10-19(26)27)20(18(11-23)28-21)13-3-5-14(22)6-4-13;/h3-8,12,15-16,23-25H,9-11H2,1-2H3,(H,26,27);/q;+1/p-1/b8-7+;/t15-,16-;/m1./s1. The average Bonchev–Trinajstić information content (AvgIpc) is 2.98. The number of carboxylic acid groups (broad SMARTS) is 1. The summed E-state index contributed by atoms with van der Waals surface area (Å²) in [5.74, 6) is -1.58. The van der Waals surface area contributed by atoms with E-state index >= 15 is 0 Å². The zero-order valence-corrected chi connectivity index (χ0v) is 19.6. The molecule has 0 fully saturated rings. The summed E-state index contributed by atoms with van der Waals surface area (Å²) in [6.07, 6.45) is 0.260. The number of hydrogen-bond acceptors (Lipinski definition) is 6. The van der Waals surface area contributed by atoms with Gasteiger partial charge in [-0.3, -0.25) is 0 Å². The molecule has 152 valence electrons. The van der Waals surface area contributed by atoms with Gasteiger partial charge in [-0.15, -0.1) is 11.3 Å². The van der Waals surface area contributed by atoms with Crippen molar-refractivity contribution in [3.63, 3.8) is 0 Å². The number of aliphatic hydroxyl groups excluding tert-OH is 3. The predicted molar refractivity (Wildman–Crippen MR) is 105 cm³/mol. The largest absolute Gasteiger partial charge is 1.00 e. The molecule has 5 nitrogen and oxygen atoms in total. The van der Waals surface area contributed by atoms with Gasteiger partial charge in [0.1, 0.15) is 5.82 Å². The quantitative estimate of drug-likeness (QED) is 0.463. The Morgan fingerprint density at radius 2 is 1.86 bits per heavy atom. The van der Waals surface area contributed by atoms with Gasteiger partial charge in [-0.2, -0.15) is 0 Å². The first-order chi connectivity index (χ1) is 13.2. The van der Waals surface area contributed by atoms with Crippen molar-refractivity contribution in [2.45, 2.75) is 51.4 Å². The van der Waals surface area contributed by atoms with Crippen molar-refractivity contribution in [1.82, 2.24) is 0 Å². The van der Waals surface area contributed by atoms with Crippen LogP contribution in [0.15, 0.2) is 30.3 Å². The van der Waals surface area contributed by atoms with Crippen LogP contribution in [-0.4, -0.2) is 33.5 Å². The molecule has 8 heteroatoms. The Balaban J connectivity index is 0.00000420. The molecule has 1 heterocycles. The van der Waals surface area contributed by atoms with Gasteiger partial charge in [-0.05, 0) is 29.2 Å². The molecule has 3 N–H and O–H groups in total. The van der Waals surface area contributed by atoms with E-state index in [9.17, 15) is 29.6 Å². The zero-order chi connectivity index (χ0) is 20.8. The van der Waals surface area contributed by atoms with Crippen LogP contribution in [0.2, 0.25) is 0 Å². The fourth-order valence-electron chi connectivity index (χ4n) is 2.99.